The largest absolute Gasteiger partial charge is 0.386 e. The highest BCUT2D eigenvalue weighted by Crippen LogP contribution is 2.21. The van der Waals surface area contributed by atoms with Crippen LogP contribution in [0.1, 0.15) is 24.2 Å². The van der Waals surface area contributed by atoms with Gasteiger partial charge in [0.05, 0.1) is 6.61 Å². The Morgan fingerprint density at radius 2 is 2.21 bits per heavy atom. The van der Waals surface area contributed by atoms with Crippen LogP contribution in [0.4, 0.5) is 0 Å². The minimum Gasteiger partial charge on any atom is -0.386 e. The van der Waals surface area contributed by atoms with Crippen LogP contribution in [0.3, 0.4) is 0 Å². The Kier molecular flexibility index (Phi) is 4.58. The van der Waals surface area contributed by atoms with E-state index in [2.05, 4.69) is 15.9 Å². The molecule has 0 aliphatic rings. The van der Waals surface area contributed by atoms with E-state index < -0.39 is 6.10 Å². The number of hydrogen-bond acceptors (Lipinski definition) is 2. The summed E-state index contributed by atoms with van der Waals surface area (Å²) in [6, 6.07) is 5.84. The van der Waals surface area contributed by atoms with Gasteiger partial charge in [0.2, 0.25) is 0 Å². The van der Waals surface area contributed by atoms with Crippen LogP contribution in [-0.2, 0) is 4.74 Å². The molecule has 1 unspecified atom stereocenters. The van der Waals surface area contributed by atoms with E-state index in [1.807, 2.05) is 32.0 Å². The zero-order valence-electron chi connectivity index (χ0n) is 8.46. The Hall–Kier alpha value is -0.380. The lowest BCUT2D eigenvalue weighted by atomic mass is 10.0. The van der Waals surface area contributed by atoms with Crippen LogP contribution in [0.5, 0.6) is 0 Å². The van der Waals surface area contributed by atoms with Gasteiger partial charge in [-0.1, -0.05) is 22.0 Å². The van der Waals surface area contributed by atoms with Crippen LogP contribution < -0.4 is 0 Å². The summed E-state index contributed by atoms with van der Waals surface area (Å²) in [6.45, 7) is 4.89. The molecular formula is C11H15BrO2. The van der Waals surface area contributed by atoms with E-state index in [4.69, 9.17) is 4.74 Å². The molecule has 1 aromatic rings. The van der Waals surface area contributed by atoms with Crippen molar-refractivity contribution in [1.82, 2.24) is 0 Å². The normalized spacial score (nSPS) is 12.9. The topological polar surface area (TPSA) is 29.5 Å². The average molecular weight is 259 g/mol. The molecule has 0 aromatic heterocycles. The zero-order valence-corrected chi connectivity index (χ0v) is 10.0. The van der Waals surface area contributed by atoms with Crippen molar-refractivity contribution in [3.63, 3.8) is 0 Å². The summed E-state index contributed by atoms with van der Waals surface area (Å²) in [5.74, 6) is 0. The number of hydrogen-bond donors (Lipinski definition) is 1. The Bertz CT molecular complexity index is 299. The van der Waals surface area contributed by atoms with Crippen LogP contribution in [-0.4, -0.2) is 18.3 Å². The predicted molar refractivity (Wildman–Crippen MR) is 60.3 cm³/mol. The second-order valence-electron chi connectivity index (χ2n) is 3.18. The minimum atomic E-state index is -0.525. The second kappa shape index (κ2) is 5.49. The monoisotopic (exact) mass is 258 g/mol. The molecule has 0 spiro atoms. The minimum absolute atomic E-state index is 0.360. The molecule has 0 aliphatic heterocycles. The molecule has 3 heteroatoms. The Morgan fingerprint density at radius 1 is 1.50 bits per heavy atom. The first-order valence-electron chi connectivity index (χ1n) is 4.67. The lowest BCUT2D eigenvalue weighted by Gasteiger charge is -2.13. The molecule has 2 nitrogen and oxygen atoms in total. The highest BCUT2D eigenvalue weighted by Gasteiger charge is 2.09. The number of halogens is 1. The SMILES string of the molecule is CCOCC(O)c1ccc(Br)cc1C. The van der Waals surface area contributed by atoms with Crippen LogP contribution in [0, 0.1) is 6.92 Å². The molecule has 0 saturated heterocycles. The van der Waals surface area contributed by atoms with Gasteiger partial charge in [-0.15, -0.1) is 0 Å². The molecule has 0 saturated carbocycles. The molecule has 1 atom stereocenters. The second-order valence-corrected chi connectivity index (χ2v) is 4.09. The van der Waals surface area contributed by atoms with Gasteiger partial charge in [0.15, 0.2) is 0 Å². The van der Waals surface area contributed by atoms with Crippen molar-refractivity contribution in [3.05, 3.63) is 33.8 Å². The highest BCUT2D eigenvalue weighted by molar-refractivity contribution is 9.10. The molecule has 0 aliphatic carbocycles. The number of aryl methyl sites for hydroxylation is 1. The first kappa shape index (κ1) is 11.7. The third-order valence-electron chi connectivity index (χ3n) is 2.07. The van der Waals surface area contributed by atoms with Crippen molar-refractivity contribution in [3.8, 4) is 0 Å². The number of aliphatic hydroxyl groups excluding tert-OH is 1. The van der Waals surface area contributed by atoms with Gasteiger partial charge >= 0.3 is 0 Å². The third kappa shape index (κ3) is 3.08. The van der Waals surface area contributed by atoms with Crippen molar-refractivity contribution < 1.29 is 9.84 Å². The first-order chi connectivity index (χ1) is 6.65. The number of ether oxygens (including phenoxy) is 1. The van der Waals surface area contributed by atoms with Crippen molar-refractivity contribution in [2.24, 2.45) is 0 Å². The van der Waals surface area contributed by atoms with E-state index in [0.29, 0.717) is 13.2 Å². The zero-order chi connectivity index (χ0) is 10.6. The molecule has 0 amide bonds. The molecule has 1 aromatic carbocycles. The maximum absolute atomic E-state index is 9.78. The molecule has 14 heavy (non-hydrogen) atoms. The first-order valence-corrected chi connectivity index (χ1v) is 5.46. The molecule has 1 rings (SSSR count). The fourth-order valence-corrected chi connectivity index (χ4v) is 1.81. The predicted octanol–water partition coefficient (Wildman–Crippen LogP) is 2.83. The molecule has 0 heterocycles. The lowest BCUT2D eigenvalue weighted by Crippen LogP contribution is -2.08. The molecule has 0 bridgehead atoms. The van der Waals surface area contributed by atoms with Gasteiger partial charge in [-0.25, -0.2) is 0 Å². The summed E-state index contributed by atoms with van der Waals surface area (Å²) in [4.78, 5) is 0. The summed E-state index contributed by atoms with van der Waals surface area (Å²) >= 11 is 3.39. The van der Waals surface area contributed by atoms with Gasteiger partial charge in [-0.2, -0.15) is 0 Å². The Morgan fingerprint density at radius 3 is 2.79 bits per heavy atom. The third-order valence-corrected chi connectivity index (χ3v) is 2.56. The number of rotatable bonds is 4. The van der Waals surface area contributed by atoms with Gasteiger partial charge in [-0.3, -0.25) is 0 Å². The van der Waals surface area contributed by atoms with Crippen LogP contribution in [0.2, 0.25) is 0 Å². The van der Waals surface area contributed by atoms with Crippen molar-refractivity contribution in [2.45, 2.75) is 20.0 Å². The summed E-state index contributed by atoms with van der Waals surface area (Å²) in [7, 11) is 0. The van der Waals surface area contributed by atoms with E-state index in [1.54, 1.807) is 0 Å². The van der Waals surface area contributed by atoms with Crippen LogP contribution in [0.25, 0.3) is 0 Å². The summed E-state index contributed by atoms with van der Waals surface area (Å²) in [5.41, 5.74) is 2.01. The van der Waals surface area contributed by atoms with Crippen molar-refractivity contribution in [2.75, 3.05) is 13.2 Å². The maximum Gasteiger partial charge on any atom is 0.103 e. The molecule has 1 N–H and O–H groups in total. The smallest absolute Gasteiger partial charge is 0.103 e. The summed E-state index contributed by atoms with van der Waals surface area (Å²) in [6.07, 6.45) is -0.525. The molecular weight excluding hydrogens is 244 g/mol. The van der Waals surface area contributed by atoms with E-state index in [9.17, 15) is 5.11 Å². The maximum atomic E-state index is 9.78. The fraction of sp³-hybridized carbons (Fsp3) is 0.455. The van der Waals surface area contributed by atoms with E-state index in [0.717, 1.165) is 15.6 Å². The Balaban J connectivity index is 2.74. The average Bonchev–Trinajstić information content (AvgIpc) is 2.14. The fourth-order valence-electron chi connectivity index (χ4n) is 1.33. The van der Waals surface area contributed by atoms with Crippen molar-refractivity contribution >= 4 is 15.9 Å². The van der Waals surface area contributed by atoms with Crippen LogP contribution in [0.15, 0.2) is 22.7 Å². The van der Waals surface area contributed by atoms with E-state index in [1.165, 1.54) is 0 Å². The van der Waals surface area contributed by atoms with Gasteiger partial charge < -0.3 is 9.84 Å². The van der Waals surface area contributed by atoms with Gasteiger partial charge in [0, 0.05) is 11.1 Å². The standard InChI is InChI=1S/C11H15BrO2/c1-3-14-7-11(13)10-5-4-9(12)6-8(10)2/h4-6,11,13H,3,7H2,1-2H3. The number of benzene rings is 1. The molecule has 78 valence electrons. The summed E-state index contributed by atoms with van der Waals surface area (Å²) < 4.78 is 6.20. The highest BCUT2D eigenvalue weighted by atomic mass is 79.9. The molecule has 0 radical (unpaired) electrons. The number of aliphatic hydroxyl groups is 1. The van der Waals surface area contributed by atoms with Crippen molar-refractivity contribution in [1.29, 1.82) is 0 Å². The van der Waals surface area contributed by atoms with Crippen LogP contribution >= 0.6 is 15.9 Å². The van der Waals surface area contributed by atoms with Gasteiger partial charge in [-0.05, 0) is 37.1 Å². The van der Waals surface area contributed by atoms with Gasteiger partial charge in [0.25, 0.3) is 0 Å². The summed E-state index contributed by atoms with van der Waals surface area (Å²) in [5, 5.41) is 9.78. The molecule has 0 fully saturated rings. The van der Waals surface area contributed by atoms with E-state index >= 15 is 0 Å². The quantitative estimate of drug-likeness (QED) is 0.900. The van der Waals surface area contributed by atoms with E-state index in [-0.39, 0.29) is 0 Å². The lowest BCUT2D eigenvalue weighted by molar-refractivity contribution is 0.0417. The van der Waals surface area contributed by atoms with Gasteiger partial charge in [0.1, 0.15) is 6.10 Å². The Labute approximate surface area is 93.0 Å².